The first kappa shape index (κ1) is 15.6. The van der Waals surface area contributed by atoms with E-state index in [4.69, 9.17) is 0 Å². The lowest BCUT2D eigenvalue weighted by molar-refractivity contribution is -0.906. The van der Waals surface area contributed by atoms with Gasteiger partial charge in [-0.1, -0.05) is 26.3 Å². The molecule has 0 saturated carbocycles. The molecule has 0 aliphatic heterocycles. The van der Waals surface area contributed by atoms with Crippen LogP contribution in [0.1, 0.15) is 0 Å². The molecule has 0 aromatic carbocycles. The maximum atomic E-state index is 3.77. The number of hydrogen-bond acceptors (Lipinski definition) is 0. The molecule has 0 aromatic heterocycles. The minimum Gasteiger partial charge on any atom is -0.311 e. The molecule has 1 nitrogen and oxygen atoms in total. The molecule has 2 heteroatoms. The molecule has 0 bridgehead atoms. The SMILES string of the molecule is C=CC[N+](CC=C)(CC=C)CC=C.[SiH4]. The molecule has 0 atom stereocenters. The first-order valence-electron chi connectivity index (χ1n) is 4.53. The van der Waals surface area contributed by atoms with E-state index in [0.717, 1.165) is 30.7 Å². The predicted octanol–water partition coefficient (Wildman–Crippen LogP) is 1.10. The van der Waals surface area contributed by atoms with Crippen molar-refractivity contribution < 1.29 is 4.48 Å². The van der Waals surface area contributed by atoms with Crippen LogP contribution in [0.15, 0.2) is 50.6 Å². The Hall–Kier alpha value is -0.863. The van der Waals surface area contributed by atoms with E-state index in [1.54, 1.807) is 0 Å². The number of hydrogen-bond donors (Lipinski definition) is 0. The lowest BCUT2D eigenvalue weighted by Crippen LogP contribution is -2.48. The summed E-state index contributed by atoms with van der Waals surface area (Å²) >= 11 is 0. The minimum atomic E-state index is 0. The number of rotatable bonds is 8. The highest BCUT2D eigenvalue weighted by molar-refractivity contribution is 5.75. The van der Waals surface area contributed by atoms with E-state index in [-0.39, 0.29) is 11.0 Å². The first-order valence-corrected chi connectivity index (χ1v) is 4.53. The third-order valence-electron chi connectivity index (χ3n) is 2.07. The molecule has 0 aromatic rings. The molecule has 0 aliphatic carbocycles. The summed E-state index contributed by atoms with van der Waals surface area (Å²) in [7, 11) is 0. The summed E-state index contributed by atoms with van der Waals surface area (Å²) in [6.07, 6.45) is 7.76. The van der Waals surface area contributed by atoms with Crippen molar-refractivity contribution in [1.82, 2.24) is 0 Å². The van der Waals surface area contributed by atoms with Gasteiger partial charge in [-0.2, -0.15) is 0 Å². The first-order chi connectivity index (χ1) is 6.24. The van der Waals surface area contributed by atoms with E-state index in [2.05, 4.69) is 26.3 Å². The molecule has 0 rings (SSSR count). The Bertz CT molecular complexity index is 151. The van der Waals surface area contributed by atoms with Gasteiger partial charge in [0.1, 0.15) is 0 Å². The Kier molecular flexibility index (Phi) is 9.72. The van der Waals surface area contributed by atoms with Crippen molar-refractivity contribution >= 4 is 11.0 Å². The zero-order valence-electron chi connectivity index (χ0n) is 8.41. The summed E-state index contributed by atoms with van der Waals surface area (Å²) in [6, 6.07) is 0. The second kappa shape index (κ2) is 8.72. The minimum absolute atomic E-state index is 0. The molecule has 0 aliphatic rings. The fourth-order valence-electron chi connectivity index (χ4n) is 1.54. The zero-order valence-corrected chi connectivity index (χ0v) is 8.41. The van der Waals surface area contributed by atoms with Gasteiger partial charge < -0.3 is 4.48 Å². The van der Waals surface area contributed by atoms with Crippen LogP contribution in [-0.2, 0) is 0 Å². The van der Waals surface area contributed by atoms with Crippen molar-refractivity contribution in [3.63, 3.8) is 0 Å². The molecule has 0 radical (unpaired) electrons. The maximum absolute atomic E-state index is 3.77. The van der Waals surface area contributed by atoms with Crippen molar-refractivity contribution in [2.75, 3.05) is 26.2 Å². The van der Waals surface area contributed by atoms with E-state index in [1.807, 2.05) is 24.3 Å². The van der Waals surface area contributed by atoms with Gasteiger partial charge in [0, 0.05) is 0 Å². The summed E-state index contributed by atoms with van der Waals surface area (Å²) < 4.78 is 0.903. The highest BCUT2D eigenvalue weighted by atomic mass is 28.1. The summed E-state index contributed by atoms with van der Waals surface area (Å²) in [5.74, 6) is 0. The van der Waals surface area contributed by atoms with Gasteiger partial charge in [0.25, 0.3) is 0 Å². The topological polar surface area (TPSA) is 0 Å². The quantitative estimate of drug-likeness (QED) is 0.320. The lowest BCUT2D eigenvalue weighted by atomic mass is 10.3. The summed E-state index contributed by atoms with van der Waals surface area (Å²) in [4.78, 5) is 0. The highest BCUT2D eigenvalue weighted by Gasteiger charge is 2.20. The van der Waals surface area contributed by atoms with Crippen LogP contribution in [0.3, 0.4) is 0 Å². The van der Waals surface area contributed by atoms with Crippen LogP contribution >= 0.6 is 0 Å². The summed E-state index contributed by atoms with van der Waals surface area (Å²) in [5, 5.41) is 0. The molecule has 80 valence electrons. The van der Waals surface area contributed by atoms with E-state index in [0.29, 0.717) is 0 Å². The van der Waals surface area contributed by atoms with E-state index in [1.165, 1.54) is 0 Å². The average Bonchev–Trinajstić information content (AvgIpc) is 2.06. The molecular formula is C12H24NSi+. The largest absolute Gasteiger partial charge is 0.311 e. The molecule has 0 unspecified atom stereocenters. The lowest BCUT2D eigenvalue weighted by Gasteiger charge is -2.35. The predicted molar refractivity (Wildman–Crippen MR) is 71.9 cm³/mol. The summed E-state index contributed by atoms with van der Waals surface area (Å²) in [5.41, 5.74) is 0. The molecule has 0 N–H and O–H groups in total. The fraction of sp³-hybridized carbons (Fsp3) is 0.333. The van der Waals surface area contributed by atoms with Crippen molar-refractivity contribution in [3.8, 4) is 0 Å². The van der Waals surface area contributed by atoms with E-state index in [9.17, 15) is 0 Å². The van der Waals surface area contributed by atoms with Crippen molar-refractivity contribution in [3.05, 3.63) is 50.6 Å². The molecule has 0 saturated heterocycles. The summed E-state index contributed by atoms with van der Waals surface area (Å²) in [6.45, 7) is 18.8. The molecule has 0 amide bonds. The zero-order chi connectivity index (χ0) is 10.2. The number of nitrogens with zero attached hydrogens (tertiary/aromatic N) is 1. The van der Waals surface area contributed by atoms with Gasteiger partial charge in [-0.3, -0.25) is 0 Å². The van der Waals surface area contributed by atoms with Gasteiger partial charge in [-0.25, -0.2) is 0 Å². The smallest absolute Gasteiger partial charge is 0.0978 e. The second-order valence-corrected chi connectivity index (χ2v) is 3.23. The van der Waals surface area contributed by atoms with Crippen LogP contribution < -0.4 is 0 Å². The van der Waals surface area contributed by atoms with Crippen LogP contribution in [0, 0.1) is 0 Å². The average molecular weight is 210 g/mol. The molecule has 0 spiro atoms. The Morgan fingerprint density at radius 3 is 1.00 bits per heavy atom. The van der Waals surface area contributed by atoms with Crippen molar-refractivity contribution in [2.45, 2.75) is 0 Å². The van der Waals surface area contributed by atoms with Crippen LogP contribution in [0.2, 0.25) is 0 Å². The van der Waals surface area contributed by atoms with Gasteiger partial charge in [0.15, 0.2) is 0 Å². The Morgan fingerprint density at radius 2 is 0.857 bits per heavy atom. The van der Waals surface area contributed by atoms with Crippen molar-refractivity contribution in [1.29, 1.82) is 0 Å². The third kappa shape index (κ3) is 4.99. The Labute approximate surface area is 92.7 Å². The molecule has 14 heavy (non-hydrogen) atoms. The van der Waals surface area contributed by atoms with E-state index < -0.39 is 0 Å². The van der Waals surface area contributed by atoms with Crippen LogP contribution in [-0.4, -0.2) is 41.6 Å². The van der Waals surface area contributed by atoms with Crippen LogP contribution in [0.4, 0.5) is 0 Å². The Balaban J connectivity index is 0. The standard InChI is InChI=1S/C12H20N.H4Si/c1-5-9-13(10-6-2,11-7-3)12-8-4;/h5-8H,1-4,9-12H2;1H4/q+1;. The van der Waals surface area contributed by atoms with Crippen molar-refractivity contribution in [2.24, 2.45) is 0 Å². The highest BCUT2D eigenvalue weighted by Crippen LogP contribution is 2.07. The molecule has 0 fully saturated rings. The van der Waals surface area contributed by atoms with E-state index >= 15 is 0 Å². The monoisotopic (exact) mass is 210 g/mol. The van der Waals surface area contributed by atoms with Gasteiger partial charge in [-0.05, 0) is 35.3 Å². The fourth-order valence-corrected chi connectivity index (χ4v) is 1.54. The van der Waals surface area contributed by atoms with Crippen LogP contribution in [0.25, 0.3) is 0 Å². The van der Waals surface area contributed by atoms with Gasteiger partial charge >= 0.3 is 0 Å². The molecule has 0 heterocycles. The number of quaternary nitrogens is 1. The van der Waals surface area contributed by atoms with Crippen LogP contribution in [0.5, 0.6) is 0 Å². The van der Waals surface area contributed by atoms with Gasteiger partial charge in [0.2, 0.25) is 0 Å². The Morgan fingerprint density at radius 1 is 0.643 bits per heavy atom. The maximum Gasteiger partial charge on any atom is 0.0978 e. The van der Waals surface area contributed by atoms with Gasteiger partial charge in [-0.15, -0.1) is 0 Å². The van der Waals surface area contributed by atoms with Gasteiger partial charge in [0.05, 0.1) is 26.2 Å². The normalized spacial score (nSPS) is 9.71. The second-order valence-electron chi connectivity index (χ2n) is 3.23. The molecular weight excluding hydrogens is 186 g/mol. The third-order valence-corrected chi connectivity index (χ3v) is 2.07.